The molecule has 2 atom stereocenters. The van der Waals surface area contributed by atoms with Crippen LogP contribution < -0.4 is 15.8 Å². The molecule has 104 valence electrons. The second kappa shape index (κ2) is 5.92. The quantitative estimate of drug-likeness (QED) is 0.873. The number of nitrogens with two attached hydrogens (primary N) is 1. The van der Waals surface area contributed by atoms with Crippen molar-refractivity contribution < 1.29 is 9.53 Å². The Morgan fingerprint density at radius 3 is 2.74 bits per heavy atom. The predicted molar refractivity (Wildman–Crippen MR) is 78.0 cm³/mol. The number of amides is 1. The number of rotatable bonds is 5. The van der Waals surface area contributed by atoms with Crippen molar-refractivity contribution in [2.75, 3.05) is 0 Å². The van der Waals surface area contributed by atoms with Crippen LogP contribution in [-0.4, -0.2) is 18.1 Å². The molecule has 1 aliphatic carbocycles. The summed E-state index contributed by atoms with van der Waals surface area (Å²) in [4.78, 5) is 11.9. The molecule has 1 unspecified atom stereocenters. The molecular formula is C14H19BrN2O2. The molecule has 0 aromatic heterocycles. The van der Waals surface area contributed by atoms with Crippen LogP contribution in [0.4, 0.5) is 0 Å². The van der Waals surface area contributed by atoms with Gasteiger partial charge >= 0.3 is 0 Å². The third kappa shape index (κ3) is 3.94. The van der Waals surface area contributed by atoms with Crippen molar-refractivity contribution in [3.8, 4) is 5.75 Å². The fourth-order valence-electron chi connectivity index (χ4n) is 1.78. The molecule has 2 rings (SSSR count). The number of hydrogen-bond donors (Lipinski definition) is 2. The minimum absolute atomic E-state index is 0.0712. The van der Waals surface area contributed by atoms with Gasteiger partial charge in [-0.3, -0.25) is 4.79 Å². The molecule has 1 saturated carbocycles. The Morgan fingerprint density at radius 2 is 2.16 bits per heavy atom. The maximum Gasteiger partial charge on any atom is 0.260 e. The lowest BCUT2D eigenvalue weighted by molar-refractivity contribution is -0.127. The van der Waals surface area contributed by atoms with Crippen molar-refractivity contribution in [3.05, 3.63) is 28.2 Å². The highest BCUT2D eigenvalue weighted by molar-refractivity contribution is 9.10. The smallest absolute Gasteiger partial charge is 0.260 e. The molecule has 0 aliphatic heterocycles. The van der Waals surface area contributed by atoms with E-state index in [0.717, 1.165) is 22.9 Å². The van der Waals surface area contributed by atoms with Crippen molar-refractivity contribution >= 4 is 21.8 Å². The highest BCUT2D eigenvalue weighted by atomic mass is 79.9. The first-order valence-corrected chi connectivity index (χ1v) is 7.28. The van der Waals surface area contributed by atoms with E-state index in [-0.39, 0.29) is 11.9 Å². The molecular weight excluding hydrogens is 308 g/mol. The van der Waals surface area contributed by atoms with Crippen molar-refractivity contribution in [1.29, 1.82) is 0 Å². The van der Waals surface area contributed by atoms with Crippen LogP contribution in [0, 0.1) is 0 Å². The minimum Gasteiger partial charge on any atom is -0.481 e. The Balaban J connectivity index is 2.07. The van der Waals surface area contributed by atoms with E-state index in [4.69, 9.17) is 10.5 Å². The van der Waals surface area contributed by atoms with Crippen LogP contribution in [0.15, 0.2) is 22.7 Å². The molecule has 4 nitrogen and oxygen atoms in total. The summed E-state index contributed by atoms with van der Waals surface area (Å²) in [5, 5.41) is 2.93. The second-order valence-corrected chi connectivity index (χ2v) is 5.93. The summed E-state index contributed by atoms with van der Waals surface area (Å²) in [6.45, 7) is 3.65. The van der Waals surface area contributed by atoms with E-state index >= 15 is 0 Å². The van der Waals surface area contributed by atoms with Crippen molar-refractivity contribution in [3.63, 3.8) is 0 Å². The molecule has 0 spiro atoms. The van der Waals surface area contributed by atoms with Crippen molar-refractivity contribution in [2.45, 2.75) is 44.9 Å². The predicted octanol–water partition coefficient (Wildman–Crippen LogP) is 2.51. The number of ether oxygens (including phenoxy) is 1. The number of benzene rings is 1. The van der Waals surface area contributed by atoms with Crippen LogP contribution >= 0.6 is 15.9 Å². The summed E-state index contributed by atoms with van der Waals surface area (Å²) in [6, 6.07) is 5.88. The van der Waals surface area contributed by atoms with Gasteiger partial charge in [0.1, 0.15) is 5.75 Å². The fourth-order valence-corrected chi connectivity index (χ4v) is 2.12. The Labute approximate surface area is 121 Å². The van der Waals surface area contributed by atoms with Gasteiger partial charge in [0.05, 0.1) is 0 Å². The van der Waals surface area contributed by atoms with Gasteiger partial charge < -0.3 is 15.8 Å². The summed E-state index contributed by atoms with van der Waals surface area (Å²) in [7, 11) is 0. The first kappa shape index (κ1) is 14.3. The maximum absolute atomic E-state index is 11.9. The SMILES string of the molecule is CC(Oc1cc(Br)ccc1[C@@H](C)N)C(=O)NC1CC1. The zero-order valence-corrected chi connectivity index (χ0v) is 12.7. The summed E-state index contributed by atoms with van der Waals surface area (Å²) < 4.78 is 6.66. The van der Waals surface area contributed by atoms with Crippen LogP contribution in [0.2, 0.25) is 0 Å². The maximum atomic E-state index is 11.9. The van der Waals surface area contributed by atoms with Crippen LogP contribution in [0.5, 0.6) is 5.75 Å². The molecule has 0 heterocycles. The second-order valence-electron chi connectivity index (χ2n) is 5.01. The van der Waals surface area contributed by atoms with E-state index in [0.29, 0.717) is 11.8 Å². The van der Waals surface area contributed by atoms with Gasteiger partial charge in [-0.05, 0) is 38.8 Å². The van der Waals surface area contributed by atoms with Crippen molar-refractivity contribution in [1.82, 2.24) is 5.32 Å². The molecule has 1 aliphatic rings. The molecule has 1 fully saturated rings. The monoisotopic (exact) mass is 326 g/mol. The molecule has 0 bridgehead atoms. The summed E-state index contributed by atoms with van der Waals surface area (Å²) >= 11 is 3.40. The highest BCUT2D eigenvalue weighted by Crippen LogP contribution is 2.28. The normalized spacial score (nSPS) is 17.7. The van der Waals surface area contributed by atoms with Crippen LogP contribution in [-0.2, 0) is 4.79 Å². The number of hydrogen-bond acceptors (Lipinski definition) is 3. The molecule has 0 radical (unpaired) electrons. The van der Waals surface area contributed by atoms with Gasteiger partial charge in [-0.2, -0.15) is 0 Å². The van der Waals surface area contributed by atoms with Crippen LogP contribution in [0.1, 0.15) is 38.3 Å². The Kier molecular flexibility index (Phi) is 4.47. The van der Waals surface area contributed by atoms with Crippen LogP contribution in [0.25, 0.3) is 0 Å². The number of carbonyl (C=O) groups is 1. The van der Waals surface area contributed by atoms with Gasteiger partial charge in [-0.25, -0.2) is 0 Å². The first-order chi connectivity index (χ1) is 8.97. The van der Waals surface area contributed by atoms with E-state index in [1.807, 2.05) is 25.1 Å². The summed E-state index contributed by atoms with van der Waals surface area (Å²) in [5.41, 5.74) is 6.81. The zero-order chi connectivity index (χ0) is 14.0. The largest absolute Gasteiger partial charge is 0.481 e. The number of halogens is 1. The fraction of sp³-hybridized carbons (Fsp3) is 0.500. The molecule has 1 aromatic rings. The first-order valence-electron chi connectivity index (χ1n) is 6.49. The lowest BCUT2D eigenvalue weighted by Crippen LogP contribution is -2.37. The Morgan fingerprint density at radius 1 is 1.47 bits per heavy atom. The molecule has 1 amide bonds. The third-order valence-electron chi connectivity index (χ3n) is 3.06. The van der Waals surface area contributed by atoms with Gasteiger partial charge in [0.2, 0.25) is 0 Å². The van der Waals surface area contributed by atoms with E-state index in [9.17, 15) is 4.79 Å². The van der Waals surface area contributed by atoms with E-state index in [2.05, 4.69) is 21.2 Å². The van der Waals surface area contributed by atoms with Gasteiger partial charge in [-0.1, -0.05) is 22.0 Å². The topological polar surface area (TPSA) is 64.3 Å². The van der Waals surface area contributed by atoms with Gasteiger partial charge in [0, 0.05) is 22.1 Å². The molecule has 3 N–H and O–H groups in total. The minimum atomic E-state index is -0.521. The molecule has 0 saturated heterocycles. The zero-order valence-electron chi connectivity index (χ0n) is 11.2. The van der Waals surface area contributed by atoms with E-state index < -0.39 is 6.10 Å². The van der Waals surface area contributed by atoms with Gasteiger partial charge in [0.25, 0.3) is 5.91 Å². The van der Waals surface area contributed by atoms with Gasteiger partial charge in [0.15, 0.2) is 6.10 Å². The lowest BCUT2D eigenvalue weighted by atomic mass is 10.1. The van der Waals surface area contributed by atoms with Gasteiger partial charge in [-0.15, -0.1) is 0 Å². The standard InChI is InChI=1S/C14H19BrN2O2/c1-8(16)12-6-3-10(15)7-13(12)19-9(2)14(18)17-11-4-5-11/h3,6-9,11H,4-5,16H2,1-2H3,(H,17,18)/t8-,9?/m1/s1. The summed E-state index contributed by atoms with van der Waals surface area (Å²) in [6.07, 6.45) is 1.62. The average Bonchev–Trinajstić information content (AvgIpc) is 3.12. The molecule has 1 aromatic carbocycles. The van der Waals surface area contributed by atoms with E-state index in [1.165, 1.54) is 0 Å². The van der Waals surface area contributed by atoms with Crippen LogP contribution in [0.3, 0.4) is 0 Å². The van der Waals surface area contributed by atoms with E-state index in [1.54, 1.807) is 6.92 Å². The van der Waals surface area contributed by atoms with Crippen molar-refractivity contribution in [2.24, 2.45) is 5.73 Å². The number of nitrogens with one attached hydrogen (secondary N) is 1. The average molecular weight is 327 g/mol. The third-order valence-corrected chi connectivity index (χ3v) is 3.56. The Hall–Kier alpha value is -1.07. The lowest BCUT2D eigenvalue weighted by Gasteiger charge is -2.19. The molecule has 5 heteroatoms. The Bertz CT molecular complexity index is 473. The number of carbonyl (C=O) groups excluding carboxylic acids is 1. The highest BCUT2D eigenvalue weighted by Gasteiger charge is 2.26. The summed E-state index contributed by atoms with van der Waals surface area (Å²) in [5.74, 6) is 0.584. The molecule has 19 heavy (non-hydrogen) atoms.